The van der Waals surface area contributed by atoms with Crippen LogP contribution in [-0.2, 0) is 23.7 Å². The summed E-state index contributed by atoms with van der Waals surface area (Å²) >= 11 is 0. The fourth-order valence-electron chi connectivity index (χ4n) is 2.46. The van der Waals surface area contributed by atoms with Gasteiger partial charge >= 0.3 is 5.97 Å². The summed E-state index contributed by atoms with van der Waals surface area (Å²) in [5.41, 5.74) is 0.506. The van der Waals surface area contributed by atoms with Crippen LogP contribution in [0.4, 0.5) is 0 Å². The van der Waals surface area contributed by atoms with Crippen molar-refractivity contribution >= 4 is 5.97 Å². The standard InChI is InChI=1S/C16H20O6/c1-16(2)20-9-13(22-16)12-8-18-14(21-12)10-19-15(17)11-6-4-3-5-7-11/h3-7,12-14H,8-10H2,1-2H3/t12-,13-,14-/m0/s1. The zero-order chi connectivity index (χ0) is 15.6. The van der Waals surface area contributed by atoms with Gasteiger partial charge in [-0.15, -0.1) is 0 Å². The lowest BCUT2D eigenvalue weighted by molar-refractivity contribution is -0.159. The lowest BCUT2D eigenvalue weighted by atomic mass is 10.2. The number of esters is 1. The molecule has 0 N–H and O–H groups in total. The molecule has 3 rings (SSSR count). The molecule has 120 valence electrons. The number of benzene rings is 1. The van der Waals surface area contributed by atoms with Crippen molar-refractivity contribution in [2.75, 3.05) is 19.8 Å². The van der Waals surface area contributed by atoms with E-state index in [0.29, 0.717) is 18.8 Å². The molecule has 6 heteroatoms. The smallest absolute Gasteiger partial charge is 0.338 e. The van der Waals surface area contributed by atoms with E-state index in [1.165, 1.54) is 0 Å². The summed E-state index contributed by atoms with van der Waals surface area (Å²) in [6.45, 7) is 4.65. The second kappa shape index (κ2) is 6.34. The fraction of sp³-hybridized carbons (Fsp3) is 0.562. The first-order valence-corrected chi connectivity index (χ1v) is 7.34. The number of ether oxygens (including phenoxy) is 5. The lowest BCUT2D eigenvalue weighted by Crippen LogP contribution is -2.33. The molecule has 0 spiro atoms. The van der Waals surface area contributed by atoms with E-state index in [1.54, 1.807) is 24.3 Å². The van der Waals surface area contributed by atoms with Crippen molar-refractivity contribution in [3.05, 3.63) is 35.9 Å². The van der Waals surface area contributed by atoms with Crippen molar-refractivity contribution in [2.45, 2.75) is 38.1 Å². The van der Waals surface area contributed by atoms with Crippen molar-refractivity contribution in [3.63, 3.8) is 0 Å². The average Bonchev–Trinajstić information content (AvgIpc) is 3.12. The SMILES string of the molecule is CC1(C)OC[C@@H]([C@@H]2CO[C@H](COC(=O)c3ccccc3)O2)O1. The molecule has 2 aliphatic heterocycles. The maximum atomic E-state index is 11.8. The van der Waals surface area contributed by atoms with E-state index < -0.39 is 18.0 Å². The van der Waals surface area contributed by atoms with Gasteiger partial charge in [0.05, 0.1) is 18.8 Å². The molecule has 2 saturated heterocycles. The van der Waals surface area contributed by atoms with Crippen molar-refractivity contribution in [1.82, 2.24) is 0 Å². The monoisotopic (exact) mass is 308 g/mol. The Morgan fingerprint density at radius 3 is 2.68 bits per heavy atom. The summed E-state index contributed by atoms with van der Waals surface area (Å²) in [5.74, 6) is -0.982. The third-order valence-corrected chi connectivity index (χ3v) is 3.58. The minimum atomic E-state index is -0.591. The van der Waals surface area contributed by atoms with Crippen LogP contribution in [0.3, 0.4) is 0 Å². The van der Waals surface area contributed by atoms with Gasteiger partial charge in [0, 0.05) is 0 Å². The Morgan fingerprint density at radius 1 is 1.23 bits per heavy atom. The summed E-state index contributed by atoms with van der Waals surface area (Å²) in [6, 6.07) is 8.82. The first-order valence-electron chi connectivity index (χ1n) is 7.34. The summed E-state index contributed by atoms with van der Waals surface area (Å²) in [5, 5.41) is 0. The fourth-order valence-corrected chi connectivity index (χ4v) is 2.46. The maximum absolute atomic E-state index is 11.8. The quantitative estimate of drug-likeness (QED) is 0.790. The number of rotatable bonds is 4. The topological polar surface area (TPSA) is 63.2 Å². The van der Waals surface area contributed by atoms with Gasteiger partial charge in [0.1, 0.15) is 18.8 Å². The van der Waals surface area contributed by atoms with E-state index in [4.69, 9.17) is 23.7 Å². The summed E-state index contributed by atoms with van der Waals surface area (Å²) in [4.78, 5) is 11.8. The molecule has 0 saturated carbocycles. The van der Waals surface area contributed by atoms with Crippen molar-refractivity contribution < 1.29 is 28.5 Å². The molecule has 22 heavy (non-hydrogen) atoms. The molecule has 0 bridgehead atoms. The van der Waals surface area contributed by atoms with Gasteiger partial charge in [0.25, 0.3) is 0 Å². The number of carbonyl (C=O) groups is 1. The molecule has 0 amide bonds. The molecule has 0 aliphatic carbocycles. The van der Waals surface area contributed by atoms with Gasteiger partial charge < -0.3 is 23.7 Å². The van der Waals surface area contributed by atoms with Gasteiger partial charge in [-0.1, -0.05) is 18.2 Å². The number of hydrogen-bond acceptors (Lipinski definition) is 6. The molecule has 1 aromatic carbocycles. The number of hydrogen-bond donors (Lipinski definition) is 0. The Kier molecular flexibility index (Phi) is 4.44. The highest BCUT2D eigenvalue weighted by atomic mass is 16.8. The second-order valence-electron chi connectivity index (χ2n) is 5.77. The molecular formula is C16H20O6. The third-order valence-electron chi connectivity index (χ3n) is 3.58. The van der Waals surface area contributed by atoms with E-state index in [2.05, 4.69) is 0 Å². The van der Waals surface area contributed by atoms with Crippen LogP contribution >= 0.6 is 0 Å². The van der Waals surface area contributed by atoms with Gasteiger partial charge in [-0.2, -0.15) is 0 Å². The Morgan fingerprint density at radius 2 is 2.00 bits per heavy atom. The predicted molar refractivity (Wildman–Crippen MR) is 76.2 cm³/mol. The third kappa shape index (κ3) is 3.64. The van der Waals surface area contributed by atoms with Crippen LogP contribution in [0.25, 0.3) is 0 Å². The molecule has 2 aliphatic rings. The Bertz CT molecular complexity index is 515. The van der Waals surface area contributed by atoms with Crippen molar-refractivity contribution in [3.8, 4) is 0 Å². The first-order chi connectivity index (χ1) is 10.5. The molecule has 1 aromatic rings. The van der Waals surface area contributed by atoms with Crippen LogP contribution in [0, 0.1) is 0 Å². The zero-order valence-corrected chi connectivity index (χ0v) is 12.7. The summed E-state index contributed by atoms with van der Waals surface area (Å²) < 4.78 is 27.7. The largest absolute Gasteiger partial charge is 0.457 e. The molecule has 3 atom stereocenters. The highest BCUT2D eigenvalue weighted by Gasteiger charge is 2.42. The Labute approximate surface area is 129 Å². The van der Waals surface area contributed by atoms with Crippen LogP contribution in [0.15, 0.2) is 30.3 Å². The van der Waals surface area contributed by atoms with Gasteiger partial charge in [0.2, 0.25) is 0 Å². The summed E-state index contributed by atoms with van der Waals surface area (Å²) in [7, 11) is 0. The lowest BCUT2D eigenvalue weighted by Gasteiger charge is -2.19. The number of carbonyl (C=O) groups excluding carboxylic acids is 1. The molecule has 6 nitrogen and oxygen atoms in total. The van der Waals surface area contributed by atoms with Gasteiger partial charge in [-0.3, -0.25) is 0 Å². The van der Waals surface area contributed by atoms with E-state index in [0.717, 1.165) is 0 Å². The molecule has 2 heterocycles. The highest BCUT2D eigenvalue weighted by molar-refractivity contribution is 5.89. The van der Waals surface area contributed by atoms with Gasteiger partial charge in [-0.05, 0) is 26.0 Å². The first kappa shape index (κ1) is 15.4. The maximum Gasteiger partial charge on any atom is 0.338 e. The zero-order valence-electron chi connectivity index (χ0n) is 12.7. The Balaban J connectivity index is 1.45. The molecule has 0 unspecified atom stereocenters. The second-order valence-corrected chi connectivity index (χ2v) is 5.77. The minimum Gasteiger partial charge on any atom is -0.457 e. The normalized spacial score (nSPS) is 30.4. The molecule has 2 fully saturated rings. The van der Waals surface area contributed by atoms with E-state index in [9.17, 15) is 4.79 Å². The van der Waals surface area contributed by atoms with Crippen LogP contribution in [-0.4, -0.2) is 50.1 Å². The van der Waals surface area contributed by atoms with Crippen LogP contribution in [0.2, 0.25) is 0 Å². The van der Waals surface area contributed by atoms with Crippen molar-refractivity contribution in [1.29, 1.82) is 0 Å². The van der Waals surface area contributed by atoms with Crippen LogP contribution in [0.1, 0.15) is 24.2 Å². The molecule has 0 radical (unpaired) electrons. The predicted octanol–water partition coefficient (Wildman–Crippen LogP) is 1.74. The van der Waals surface area contributed by atoms with E-state index in [-0.39, 0.29) is 18.8 Å². The molecule has 0 aromatic heterocycles. The van der Waals surface area contributed by atoms with Gasteiger partial charge in [-0.25, -0.2) is 4.79 Å². The van der Waals surface area contributed by atoms with Crippen molar-refractivity contribution in [2.24, 2.45) is 0 Å². The minimum absolute atomic E-state index is 0.0567. The van der Waals surface area contributed by atoms with E-state index in [1.807, 2.05) is 19.9 Å². The summed E-state index contributed by atoms with van der Waals surface area (Å²) in [6.07, 6.45) is -0.933. The van der Waals surface area contributed by atoms with E-state index >= 15 is 0 Å². The Hall–Kier alpha value is -1.47. The van der Waals surface area contributed by atoms with Gasteiger partial charge in [0.15, 0.2) is 12.1 Å². The van der Waals surface area contributed by atoms with Crippen LogP contribution in [0.5, 0.6) is 0 Å². The van der Waals surface area contributed by atoms with Crippen LogP contribution < -0.4 is 0 Å². The molecular weight excluding hydrogens is 288 g/mol. The highest BCUT2D eigenvalue weighted by Crippen LogP contribution is 2.28. The average molecular weight is 308 g/mol.